The minimum absolute atomic E-state index is 0.0866. The minimum atomic E-state index is -0.159. The van der Waals surface area contributed by atoms with E-state index in [0.29, 0.717) is 6.54 Å². The topological polar surface area (TPSA) is 66.9 Å². The summed E-state index contributed by atoms with van der Waals surface area (Å²) in [4.78, 5) is 26.5. The molecule has 1 amide bonds. The zero-order chi connectivity index (χ0) is 16.8. The smallest absolute Gasteiger partial charge is 0.325 e. The summed E-state index contributed by atoms with van der Waals surface area (Å²) in [7, 11) is 0. The van der Waals surface area contributed by atoms with Crippen LogP contribution in [0.4, 0.5) is 5.69 Å². The Kier molecular flexibility index (Phi) is 5.79. The summed E-state index contributed by atoms with van der Waals surface area (Å²) >= 11 is 0. The van der Waals surface area contributed by atoms with Crippen molar-refractivity contribution in [3.05, 3.63) is 51.7 Å². The van der Waals surface area contributed by atoms with E-state index in [1.807, 2.05) is 26.0 Å². The largest absolute Gasteiger partial charge is 0.326 e. The maximum absolute atomic E-state index is 12.0. The third-order valence-electron chi connectivity index (χ3n) is 4.11. The first kappa shape index (κ1) is 17.1. The molecule has 0 radical (unpaired) electrons. The van der Waals surface area contributed by atoms with Crippen molar-refractivity contribution in [2.24, 2.45) is 0 Å². The van der Waals surface area contributed by atoms with Crippen LogP contribution in [0.1, 0.15) is 43.1 Å². The average molecular weight is 315 g/mol. The molecule has 0 aliphatic heterocycles. The van der Waals surface area contributed by atoms with Gasteiger partial charge in [0, 0.05) is 30.0 Å². The quantitative estimate of drug-likeness (QED) is 0.824. The molecular formula is C18H25N3O2. The van der Waals surface area contributed by atoms with E-state index in [1.165, 1.54) is 18.4 Å². The Morgan fingerprint density at radius 3 is 2.48 bits per heavy atom. The van der Waals surface area contributed by atoms with Gasteiger partial charge in [-0.2, -0.15) is 0 Å². The lowest BCUT2D eigenvalue weighted by atomic mass is 10.1. The molecule has 124 valence electrons. The second kappa shape index (κ2) is 7.81. The van der Waals surface area contributed by atoms with Gasteiger partial charge < -0.3 is 10.3 Å². The van der Waals surface area contributed by atoms with Crippen molar-refractivity contribution < 1.29 is 4.79 Å². The Balaban J connectivity index is 1.88. The van der Waals surface area contributed by atoms with Crippen LogP contribution in [0.25, 0.3) is 0 Å². The Labute approximate surface area is 136 Å². The Morgan fingerprint density at radius 2 is 1.91 bits per heavy atom. The molecule has 0 aliphatic rings. The number of imidazole rings is 1. The molecule has 1 aromatic carbocycles. The van der Waals surface area contributed by atoms with E-state index in [4.69, 9.17) is 0 Å². The SMILES string of the molecule is CCCCc1ccc(NC(=O)CCn2c(C)c(C)[nH]c2=O)cc1. The van der Waals surface area contributed by atoms with Gasteiger partial charge in [0.05, 0.1) is 0 Å². The number of amides is 1. The number of carbonyl (C=O) groups excluding carboxylic acids is 1. The zero-order valence-electron chi connectivity index (χ0n) is 14.1. The van der Waals surface area contributed by atoms with E-state index in [0.717, 1.165) is 23.5 Å². The highest BCUT2D eigenvalue weighted by Crippen LogP contribution is 2.12. The lowest BCUT2D eigenvalue weighted by molar-refractivity contribution is -0.116. The summed E-state index contributed by atoms with van der Waals surface area (Å²) in [6.07, 6.45) is 3.70. The van der Waals surface area contributed by atoms with Gasteiger partial charge in [-0.05, 0) is 44.4 Å². The minimum Gasteiger partial charge on any atom is -0.326 e. The molecule has 0 saturated carbocycles. The van der Waals surface area contributed by atoms with Crippen LogP contribution >= 0.6 is 0 Å². The van der Waals surface area contributed by atoms with Crippen molar-refractivity contribution in [2.75, 3.05) is 5.32 Å². The molecule has 0 unspecified atom stereocenters. The molecule has 2 N–H and O–H groups in total. The maximum Gasteiger partial charge on any atom is 0.325 e. The van der Waals surface area contributed by atoms with Crippen LogP contribution in [0.2, 0.25) is 0 Å². The van der Waals surface area contributed by atoms with Crippen LogP contribution in [-0.2, 0) is 17.8 Å². The number of anilines is 1. The van der Waals surface area contributed by atoms with E-state index < -0.39 is 0 Å². The molecule has 2 rings (SSSR count). The van der Waals surface area contributed by atoms with Crippen LogP contribution in [0.3, 0.4) is 0 Å². The Bertz CT molecular complexity index is 711. The number of aromatic amines is 1. The van der Waals surface area contributed by atoms with Crippen molar-refractivity contribution in [1.29, 1.82) is 0 Å². The Hall–Kier alpha value is -2.30. The fourth-order valence-electron chi connectivity index (χ4n) is 2.51. The normalized spacial score (nSPS) is 10.7. The molecule has 0 spiro atoms. The number of unbranched alkanes of at least 4 members (excludes halogenated alkanes) is 1. The van der Waals surface area contributed by atoms with E-state index in [2.05, 4.69) is 29.4 Å². The van der Waals surface area contributed by atoms with Gasteiger partial charge in [0.25, 0.3) is 0 Å². The van der Waals surface area contributed by atoms with Gasteiger partial charge in [-0.1, -0.05) is 25.5 Å². The molecule has 23 heavy (non-hydrogen) atoms. The van der Waals surface area contributed by atoms with E-state index >= 15 is 0 Å². The Morgan fingerprint density at radius 1 is 1.22 bits per heavy atom. The van der Waals surface area contributed by atoms with Crippen molar-refractivity contribution in [1.82, 2.24) is 9.55 Å². The fourth-order valence-corrected chi connectivity index (χ4v) is 2.51. The molecule has 5 nitrogen and oxygen atoms in total. The first-order valence-electron chi connectivity index (χ1n) is 8.16. The highest BCUT2D eigenvalue weighted by atomic mass is 16.2. The summed E-state index contributed by atoms with van der Waals surface area (Å²) in [6, 6.07) is 7.96. The molecule has 0 fully saturated rings. The van der Waals surface area contributed by atoms with Crippen molar-refractivity contribution >= 4 is 11.6 Å². The monoisotopic (exact) mass is 315 g/mol. The maximum atomic E-state index is 12.0. The molecule has 1 heterocycles. The third-order valence-corrected chi connectivity index (χ3v) is 4.11. The van der Waals surface area contributed by atoms with Crippen LogP contribution in [-0.4, -0.2) is 15.5 Å². The van der Waals surface area contributed by atoms with Crippen LogP contribution in [0.5, 0.6) is 0 Å². The first-order valence-corrected chi connectivity index (χ1v) is 8.16. The average Bonchev–Trinajstić information content (AvgIpc) is 2.77. The molecular weight excluding hydrogens is 290 g/mol. The van der Waals surface area contributed by atoms with Gasteiger partial charge in [0.1, 0.15) is 0 Å². The van der Waals surface area contributed by atoms with Crippen molar-refractivity contribution in [2.45, 2.75) is 53.0 Å². The van der Waals surface area contributed by atoms with Crippen LogP contribution in [0, 0.1) is 13.8 Å². The molecule has 5 heteroatoms. The number of aromatic nitrogens is 2. The highest BCUT2D eigenvalue weighted by Gasteiger charge is 2.09. The van der Waals surface area contributed by atoms with Crippen molar-refractivity contribution in [3.8, 4) is 0 Å². The van der Waals surface area contributed by atoms with Gasteiger partial charge in [-0.25, -0.2) is 4.79 Å². The number of benzene rings is 1. The number of hydrogen-bond donors (Lipinski definition) is 2. The van der Waals surface area contributed by atoms with Gasteiger partial charge in [-0.3, -0.25) is 9.36 Å². The highest BCUT2D eigenvalue weighted by molar-refractivity contribution is 5.90. The predicted octanol–water partition coefficient (Wildman–Crippen LogP) is 3.16. The van der Waals surface area contributed by atoms with Gasteiger partial charge in [0.15, 0.2) is 0 Å². The van der Waals surface area contributed by atoms with Gasteiger partial charge in [-0.15, -0.1) is 0 Å². The van der Waals surface area contributed by atoms with Crippen LogP contribution < -0.4 is 11.0 Å². The second-order valence-corrected chi connectivity index (χ2v) is 5.89. The summed E-state index contributed by atoms with van der Waals surface area (Å²) in [6.45, 7) is 6.29. The standard InChI is InChI=1S/C18H25N3O2/c1-4-5-6-15-7-9-16(10-8-15)20-17(22)11-12-21-14(3)13(2)19-18(21)23/h7-10H,4-6,11-12H2,1-3H3,(H,19,23)(H,20,22). The number of nitrogens with one attached hydrogen (secondary N) is 2. The first-order chi connectivity index (χ1) is 11.0. The summed E-state index contributed by atoms with van der Waals surface area (Å²) < 4.78 is 1.60. The third kappa shape index (κ3) is 4.58. The number of nitrogens with zero attached hydrogens (tertiary/aromatic N) is 1. The molecule has 0 saturated heterocycles. The number of aryl methyl sites for hydroxylation is 2. The molecule has 0 atom stereocenters. The molecule has 2 aromatic rings. The summed E-state index contributed by atoms with van der Waals surface area (Å²) in [5.74, 6) is -0.0866. The molecule has 0 aliphatic carbocycles. The van der Waals surface area contributed by atoms with Gasteiger partial charge >= 0.3 is 5.69 Å². The van der Waals surface area contributed by atoms with Crippen molar-refractivity contribution in [3.63, 3.8) is 0 Å². The number of rotatable bonds is 7. The van der Waals surface area contributed by atoms with E-state index in [1.54, 1.807) is 4.57 Å². The number of hydrogen-bond acceptors (Lipinski definition) is 2. The summed E-state index contributed by atoms with van der Waals surface area (Å²) in [5, 5.41) is 2.88. The fraction of sp³-hybridized carbons (Fsp3) is 0.444. The summed E-state index contributed by atoms with van der Waals surface area (Å²) in [5.41, 5.74) is 3.65. The second-order valence-electron chi connectivity index (χ2n) is 5.89. The molecule has 1 aromatic heterocycles. The predicted molar refractivity (Wildman–Crippen MR) is 92.8 cm³/mol. The zero-order valence-corrected chi connectivity index (χ0v) is 14.1. The number of carbonyl (C=O) groups is 1. The van der Waals surface area contributed by atoms with Gasteiger partial charge in [0.2, 0.25) is 5.91 Å². The molecule has 0 bridgehead atoms. The lowest BCUT2D eigenvalue weighted by Gasteiger charge is -2.08. The lowest BCUT2D eigenvalue weighted by Crippen LogP contribution is -2.22. The van der Waals surface area contributed by atoms with E-state index in [9.17, 15) is 9.59 Å². The van der Waals surface area contributed by atoms with E-state index in [-0.39, 0.29) is 18.0 Å². The number of H-pyrrole nitrogens is 1. The van der Waals surface area contributed by atoms with Crippen LogP contribution in [0.15, 0.2) is 29.1 Å².